The van der Waals surface area contributed by atoms with Gasteiger partial charge in [0.1, 0.15) is 17.1 Å². The van der Waals surface area contributed by atoms with Crippen molar-refractivity contribution in [3.8, 4) is 17.0 Å². The van der Waals surface area contributed by atoms with Crippen LogP contribution < -0.4 is 0 Å². The number of halogens is 1. The van der Waals surface area contributed by atoms with Crippen LogP contribution in [0.4, 0.5) is 11.5 Å². The first-order valence-electron chi connectivity index (χ1n) is 7.64. The highest BCUT2D eigenvalue weighted by molar-refractivity contribution is 6.30. The Labute approximate surface area is 148 Å². The summed E-state index contributed by atoms with van der Waals surface area (Å²) in [4.78, 5) is 4.66. The fraction of sp³-hybridized carbons (Fsp3) is 0. The number of hydrogen-bond acceptors (Lipinski definition) is 4. The van der Waals surface area contributed by atoms with Crippen LogP contribution in [-0.2, 0) is 0 Å². The number of fused-ring (bicyclic) bond motifs is 1. The van der Waals surface area contributed by atoms with E-state index in [4.69, 9.17) is 11.6 Å². The molecule has 0 aliphatic rings. The molecule has 0 saturated carbocycles. The van der Waals surface area contributed by atoms with E-state index >= 15 is 0 Å². The number of aromatic hydroxyl groups is 1. The zero-order valence-corrected chi connectivity index (χ0v) is 13.8. The molecule has 2 aromatic carbocycles. The Hall–Kier alpha value is -3.18. The molecule has 0 aliphatic heterocycles. The minimum atomic E-state index is 0.186. The molecule has 0 bridgehead atoms. The van der Waals surface area contributed by atoms with Gasteiger partial charge >= 0.3 is 0 Å². The highest BCUT2D eigenvalue weighted by atomic mass is 35.5. The molecule has 0 spiro atoms. The summed E-state index contributed by atoms with van der Waals surface area (Å²) in [6.07, 6.45) is 1.77. The van der Waals surface area contributed by atoms with Crippen LogP contribution in [0.15, 0.2) is 83.2 Å². The first-order valence-corrected chi connectivity index (χ1v) is 8.02. The number of phenolic OH excluding ortho intramolecular Hbond substituents is 1. The number of rotatable bonds is 3. The predicted octanol–water partition coefficient (Wildman–Crippen LogP) is 5.78. The third-order valence-electron chi connectivity index (χ3n) is 3.71. The average Bonchev–Trinajstić information content (AvgIpc) is 3.00. The smallest absolute Gasteiger partial charge is 0.187 e. The van der Waals surface area contributed by atoms with Gasteiger partial charge < -0.3 is 5.11 Å². The molecule has 4 aromatic rings. The van der Waals surface area contributed by atoms with Crippen LogP contribution in [0, 0.1) is 0 Å². The molecule has 25 heavy (non-hydrogen) atoms. The van der Waals surface area contributed by atoms with Gasteiger partial charge in [0.05, 0.1) is 10.7 Å². The third-order valence-corrected chi connectivity index (χ3v) is 3.94. The van der Waals surface area contributed by atoms with Crippen molar-refractivity contribution >= 4 is 28.8 Å². The lowest BCUT2D eigenvalue weighted by molar-refractivity contribution is 0.475. The van der Waals surface area contributed by atoms with Crippen LogP contribution in [-0.4, -0.2) is 14.5 Å². The second kappa shape index (κ2) is 6.37. The van der Waals surface area contributed by atoms with E-state index in [1.54, 1.807) is 36.5 Å². The van der Waals surface area contributed by atoms with Crippen LogP contribution in [0.3, 0.4) is 0 Å². The SMILES string of the molecule is Oc1ccc(N=Nc2c(-c3ccccc3)nc3ccc(Cl)cn23)cc1. The Morgan fingerprint density at radius 1 is 0.880 bits per heavy atom. The summed E-state index contributed by atoms with van der Waals surface area (Å²) in [5.74, 6) is 0.780. The molecule has 2 heterocycles. The van der Waals surface area contributed by atoms with Gasteiger partial charge in [-0.15, -0.1) is 10.2 Å². The predicted molar refractivity (Wildman–Crippen MR) is 97.9 cm³/mol. The number of hydrogen-bond donors (Lipinski definition) is 1. The molecule has 0 unspecified atom stereocenters. The third kappa shape index (κ3) is 3.09. The van der Waals surface area contributed by atoms with Crippen LogP contribution in [0.25, 0.3) is 16.9 Å². The molecule has 0 atom stereocenters. The molecule has 0 aliphatic carbocycles. The lowest BCUT2D eigenvalue weighted by Crippen LogP contribution is -1.83. The topological polar surface area (TPSA) is 62.2 Å². The van der Waals surface area contributed by atoms with Crippen molar-refractivity contribution in [3.63, 3.8) is 0 Å². The molecule has 4 rings (SSSR count). The minimum Gasteiger partial charge on any atom is -0.508 e. The van der Waals surface area contributed by atoms with Crippen LogP contribution in [0.5, 0.6) is 5.75 Å². The Balaban J connectivity index is 1.87. The maximum absolute atomic E-state index is 9.37. The fourth-order valence-electron chi connectivity index (χ4n) is 2.52. The Morgan fingerprint density at radius 3 is 2.40 bits per heavy atom. The molecule has 122 valence electrons. The van der Waals surface area contributed by atoms with Crippen LogP contribution >= 0.6 is 11.6 Å². The molecule has 0 radical (unpaired) electrons. The summed E-state index contributed by atoms with van der Waals surface area (Å²) in [6, 6.07) is 20.0. The Morgan fingerprint density at radius 2 is 1.64 bits per heavy atom. The van der Waals surface area contributed by atoms with Gasteiger partial charge in [-0.1, -0.05) is 41.9 Å². The normalized spacial score (nSPS) is 11.4. The van der Waals surface area contributed by atoms with E-state index in [0.29, 0.717) is 16.5 Å². The molecular weight excluding hydrogens is 336 g/mol. The van der Waals surface area contributed by atoms with Gasteiger partial charge in [0.25, 0.3) is 0 Å². The van der Waals surface area contributed by atoms with Gasteiger partial charge in [-0.2, -0.15) is 0 Å². The second-order valence-electron chi connectivity index (χ2n) is 5.44. The van der Waals surface area contributed by atoms with E-state index in [-0.39, 0.29) is 5.75 Å². The van der Waals surface area contributed by atoms with Gasteiger partial charge in [-0.25, -0.2) is 4.98 Å². The summed E-state index contributed by atoms with van der Waals surface area (Å²) in [6.45, 7) is 0. The molecule has 0 saturated heterocycles. The van der Waals surface area contributed by atoms with Crippen molar-refractivity contribution in [1.82, 2.24) is 9.38 Å². The largest absolute Gasteiger partial charge is 0.508 e. The maximum Gasteiger partial charge on any atom is 0.187 e. The molecule has 6 heteroatoms. The van der Waals surface area contributed by atoms with Crippen molar-refractivity contribution in [3.05, 3.63) is 77.9 Å². The summed E-state index contributed by atoms with van der Waals surface area (Å²) >= 11 is 6.13. The van der Waals surface area contributed by atoms with Crippen molar-refractivity contribution in [2.75, 3.05) is 0 Å². The molecule has 0 fully saturated rings. The molecule has 2 aromatic heterocycles. The highest BCUT2D eigenvalue weighted by Crippen LogP contribution is 2.33. The molecule has 0 amide bonds. The van der Waals surface area contributed by atoms with Crippen LogP contribution in [0.2, 0.25) is 5.02 Å². The average molecular weight is 349 g/mol. The van der Waals surface area contributed by atoms with E-state index in [2.05, 4.69) is 15.2 Å². The van der Waals surface area contributed by atoms with Crippen molar-refractivity contribution in [1.29, 1.82) is 0 Å². The second-order valence-corrected chi connectivity index (χ2v) is 5.88. The summed E-state index contributed by atoms with van der Waals surface area (Å²) in [5, 5.41) is 18.6. The zero-order chi connectivity index (χ0) is 17.2. The molecule has 1 N–H and O–H groups in total. The quantitative estimate of drug-likeness (QED) is 0.477. The monoisotopic (exact) mass is 348 g/mol. The van der Waals surface area contributed by atoms with Crippen molar-refractivity contribution in [2.24, 2.45) is 10.2 Å². The van der Waals surface area contributed by atoms with Gasteiger partial charge in [0.15, 0.2) is 5.82 Å². The first-order chi connectivity index (χ1) is 12.2. The molecule has 5 nitrogen and oxygen atoms in total. The zero-order valence-electron chi connectivity index (χ0n) is 13.0. The van der Waals surface area contributed by atoms with Gasteiger partial charge in [0.2, 0.25) is 0 Å². The summed E-state index contributed by atoms with van der Waals surface area (Å²) in [7, 11) is 0. The lowest BCUT2D eigenvalue weighted by atomic mass is 10.1. The number of imidazole rings is 1. The Kier molecular flexibility index (Phi) is 3.91. The van der Waals surface area contributed by atoms with E-state index in [9.17, 15) is 5.11 Å². The summed E-state index contributed by atoms with van der Waals surface area (Å²) in [5.41, 5.74) is 3.05. The van der Waals surface area contributed by atoms with E-state index in [0.717, 1.165) is 16.9 Å². The van der Waals surface area contributed by atoms with Gasteiger partial charge in [-0.05, 0) is 36.4 Å². The van der Waals surface area contributed by atoms with E-state index < -0.39 is 0 Å². The Bertz CT molecular complexity index is 1060. The summed E-state index contributed by atoms with van der Waals surface area (Å²) < 4.78 is 1.81. The van der Waals surface area contributed by atoms with E-state index in [1.807, 2.05) is 40.8 Å². The maximum atomic E-state index is 9.37. The highest BCUT2D eigenvalue weighted by Gasteiger charge is 2.14. The van der Waals surface area contributed by atoms with Gasteiger partial charge in [-0.3, -0.25) is 4.40 Å². The van der Waals surface area contributed by atoms with Crippen LogP contribution in [0.1, 0.15) is 0 Å². The number of benzene rings is 2. The van der Waals surface area contributed by atoms with Crippen molar-refractivity contribution < 1.29 is 5.11 Å². The minimum absolute atomic E-state index is 0.186. The molecular formula is C19H13ClN4O. The standard InChI is InChI=1S/C19H13ClN4O/c20-14-6-11-17-21-18(13-4-2-1-3-5-13)19(24(17)12-14)23-22-15-7-9-16(25)10-8-15/h1-12,25H. The number of phenols is 1. The van der Waals surface area contributed by atoms with Gasteiger partial charge in [0, 0.05) is 11.8 Å². The fourth-order valence-corrected chi connectivity index (χ4v) is 2.68. The number of nitrogens with zero attached hydrogens (tertiary/aromatic N) is 4. The lowest BCUT2D eigenvalue weighted by Gasteiger charge is -2.00. The van der Waals surface area contributed by atoms with E-state index in [1.165, 1.54) is 0 Å². The number of pyridine rings is 1. The number of azo groups is 1. The number of aromatic nitrogens is 2. The first kappa shape index (κ1) is 15.4. The van der Waals surface area contributed by atoms with Crippen molar-refractivity contribution in [2.45, 2.75) is 0 Å².